The Morgan fingerprint density at radius 3 is 1.46 bits per heavy atom. The minimum atomic E-state index is -4.75. The first-order valence-corrected chi connectivity index (χ1v) is 23.7. The molecule has 2 saturated heterocycles. The molecule has 27 heteroatoms. The van der Waals surface area contributed by atoms with Gasteiger partial charge in [-0.15, -0.1) is 26.3 Å². The largest absolute Gasteiger partial charge is 0.522 e. The van der Waals surface area contributed by atoms with E-state index in [2.05, 4.69) is 51.3 Å². The van der Waals surface area contributed by atoms with E-state index < -0.39 is 72.9 Å². The lowest BCUT2D eigenvalue weighted by Gasteiger charge is -2.41. The number of benzene rings is 2. The number of likely N-dealkylation sites (tertiary alicyclic amines) is 2. The molecule has 4 atom stereocenters. The van der Waals surface area contributed by atoms with Gasteiger partial charge in [0.1, 0.15) is 51.4 Å². The monoisotopic (exact) mass is 1190 g/mol. The maximum Gasteiger partial charge on any atom is 0.522 e. The molecule has 2 aliphatic heterocycles. The number of piperidine rings is 2. The third-order valence-electron chi connectivity index (χ3n) is 10.7. The predicted molar refractivity (Wildman–Crippen MR) is 255 cm³/mol. The van der Waals surface area contributed by atoms with Crippen molar-refractivity contribution in [3.8, 4) is 23.0 Å². The number of methoxy groups -OCH3 is 2. The van der Waals surface area contributed by atoms with E-state index in [-0.39, 0.29) is 86.4 Å². The van der Waals surface area contributed by atoms with Crippen molar-refractivity contribution in [2.24, 2.45) is 0 Å². The summed E-state index contributed by atoms with van der Waals surface area (Å²) >= 11 is 6.49. The molecule has 74 heavy (non-hydrogen) atoms. The first-order chi connectivity index (χ1) is 34.5. The maximum atomic E-state index is 13.0. The van der Waals surface area contributed by atoms with Crippen molar-refractivity contribution >= 4 is 49.8 Å². The van der Waals surface area contributed by atoms with Crippen molar-refractivity contribution in [3.63, 3.8) is 0 Å². The SMILES string of the molecule is CC(C)(C)OC(=O)N1CC[C@@](O)(c2cccc(Br)n2)[C@H](O)C1.COc1cc(C(=O)N2CC[C@@](O)(c3cccc(Br)n3)[C@H](O)C2)ccc1OCCOC(F)(F)F.COc1cc(C(=O)O)ccc1OCCOC(F)(F)F. The van der Waals surface area contributed by atoms with Crippen LogP contribution >= 0.6 is 31.9 Å². The van der Waals surface area contributed by atoms with Gasteiger partial charge in [0.05, 0.1) is 57.5 Å². The lowest BCUT2D eigenvalue weighted by molar-refractivity contribution is -0.326. The van der Waals surface area contributed by atoms with Gasteiger partial charge in [0.2, 0.25) is 0 Å². The fourth-order valence-electron chi connectivity index (χ4n) is 7.06. The van der Waals surface area contributed by atoms with Crippen LogP contribution in [0.2, 0.25) is 0 Å². The second-order valence-electron chi connectivity index (χ2n) is 17.1. The Hall–Kier alpha value is -5.55. The number of hydrogen-bond acceptors (Lipinski definition) is 16. The standard InChI is InChI=1S/C21H22BrF3N2O6.C15H21BrN2O4.C11H11F3O5/c1-31-15-11-13(5-6-14(15)32-9-10-33-21(23,24)25)19(29)27-8-7-20(30,17(28)12-27)16-3-2-4-18(22)26-16;1-14(2,3)22-13(20)18-8-7-15(21,11(19)9-18)10-5-4-6-12(16)17-10;1-17-9-6-7(10(15)16)2-3-8(9)18-4-5-19-11(12,13)14/h2-6,11,17,28,30H,7-10,12H2,1H3;4-6,11,19,21H,7-9H2,1-3H3;2-3,6H,4-5H2,1H3,(H,15,16)/t17-,20-;11-,15-;/m11./s1. The number of β-amino-alcohol motifs (C(OH)–C–C–N with tert-alkyl or cyclic N) is 2. The fourth-order valence-corrected chi connectivity index (χ4v) is 7.75. The van der Waals surface area contributed by atoms with E-state index in [9.17, 15) is 61.2 Å². The molecule has 2 aromatic carbocycles. The van der Waals surface area contributed by atoms with Crippen LogP contribution in [0.25, 0.3) is 0 Å². The van der Waals surface area contributed by atoms with E-state index in [0.29, 0.717) is 20.6 Å². The number of pyridine rings is 2. The number of hydrogen-bond donors (Lipinski definition) is 5. The summed E-state index contributed by atoms with van der Waals surface area (Å²) in [6.07, 6.45) is -12.1. The molecule has 0 aliphatic carbocycles. The second kappa shape index (κ2) is 26.3. The summed E-state index contributed by atoms with van der Waals surface area (Å²) in [5.41, 5.74) is -2.77. The van der Waals surface area contributed by atoms with Crippen LogP contribution in [0.5, 0.6) is 23.0 Å². The Balaban J connectivity index is 0.000000253. The van der Waals surface area contributed by atoms with Gasteiger partial charge in [0, 0.05) is 31.5 Å². The van der Waals surface area contributed by atoms with Crippen LogP contribution in [0.1, 0.15) is 65.7 Å². The Morgan fingerprint density at radius 2 is 1.07 bits per heavy atom. The Labute approximate surface area is 437 Å². The number of carbonyl (C=O) groups excluding carboxylic acids is 2. The summed E-state index contributed by atoms with van der Waals surface area (Å²) in [5.74, 6) is -1.01. The van der Waals surface area contributed by atoms with E-state index in [0.717, 1.165) is 0 Å². The summed E-state index contributed by atoms with van der Waals surface area (Å²) in [5, 5.41) is 51.5. The molecule has 0 saturated carbocycles. The molecule has 0 radical (unpaired) electrons. The van der Waals surface area contributed by atoms with Crippen LogP contribution in [0, 0.1) is 0 Å². The van der Waals surface area contributed by atoms with E-state index >= 15 is 0 Å². The van der Waals surface area contributed by atoms with Crippen LogP contribution in [0.3, 0.4) is 0 Å². The number of carboxylic acid groups (broad SMARTS) is 1. The zero-order valence-electron chi connectivity index (χ0n) is 40.3. The molecule has 0 spiro atoms. The number of alkyl halides is 6. The molecular formula is C47H54Br2F6N4O15. The first kappa shape index (κ1) is 61.0. The molecule has 4 heterocycles. The van der Waals surface area contributed by atoms with Crippen LogP contribution in [-0.2, 0) is 25.4 Å². The lowest BCUT2D eigenvalue weighted by Crippen LogP contribution is -2.56. The van der Waals surface area contributed by atoms with Crippen molar-refractivity contribution < 1.29 is 99.4 Å². The summed E-state index contributed by atoms with van der Waals surface area (Å²) in [4.78, 5) is 47.0. The number of ether oxygens (including phenoxy) is 7. The van der Waals surface area contributed by atoms with E-state index in [1.807, 2.05) is 0 Å². The molecular weight excluding hydrogens is 1130 g/mol. The zero-order valence-corrected chi connectivity index (χ0v) is 43.5. The number of aliphatic hydroxyl groups is 4. The average Bonchev–Trinajstić information content (AvgIpc) is 3.32. The molecule has 2 aromatic heterocycles. The predicted octanol–water partition coefficient (Wildman–Crippen LogP) is 7.20. The normalized spacial score (nSPS) is 20.0. The Bertz CT molecular complexity index is 2520. The fraction of sp³-hybridized carbons (Fsp3) is 0.468. The number of carboxylic acids is 1. The van der Waals surface area contributed by atoms with Crippen molar-refractivity contribution in [1.29, 1.82) is 0 Å². The highest BCUT2D eigenvalue weighted by Gasteiger charge is 2.46. The highest BCUT2D eigenvalue weighted by Crippen LogP contribution is 2.36. The van der Waals surface area contributed by atoms with Crippen molar-refractivity contribution in [3.05, 3.63) is 105 Å². The number of rotatable bonds is 14. The summed E-state index contributed by atoms with van der Waals surface area (Å²) in [6.45, 7) is 3.59. The molecule has 4 aromatic rings. The molecule has 2 fully saturated rings. The van der Waals surface area contributed by atoms with Gasteiger partial charge in [-0.3, -0.25) is 14.3 Å². The third-order valence-corrected chi connectivity index (χ3v) is 11.6. The van der Waals surface area contributed by atoms with E-state index in [4.69, 9.17) is 28.8 Å². The minimum absolute atomic E-state index is 0.000390. The van der Waals surface area contributed by atoms with Crippen molar-refractivity contribution in [1.82, 2.24) is 19.8 Å². The molecule has 5 N–H and O–H groups in total. The molecule has 2 aliphatic rings. The maximum absolute atomic E-state index is 13.0. The van der Waals surface area contributed by atoms with Gasteiger partial charge in [-0.2, -0.15) is 0 Å². The number of aromatic carboxylic acids is 1. The topological polar surface area (TPSA) is 249 Å². The lowest BCUT2D eigenvalue weighted by atomic mass is 9.85. The molecule has 19 nitrogen and oxygen atoms in total. The summed E-state index contributed by atoms with van der Waals surface area (Å²) in [7, 11) is 2.62. The summed E-state index contributed by atoms with van der Waals surface area (Å²) < 4.78 is 105. The third kappa shape index (κ3) is 18.1. The molecule has 0 unspecified atom stereocenters. The van der Waals surface area contributed by atoms with Crippen LogP contribution in [0.15, 0.2) is 82.0 Å². The van der Waals surface area contributed by atoms with Gasteiger partial charge in [-0.25, -0.2) is 19.6 Å². The molecule has 0 bridgehead atoms. The zero-order chi connectivity index (χ0) is 55.2. The quantitative estimate of drug-likeness (QED) is 0.0475. The molecule has 6 rings (SSSR count). The van der Waals surface area contributed by atoms with Gasteiger partial charge in [0.15, 0.2) is 23.0 Å². The number of amides is 2. The number of nitrogens with zero attached hydrogens (tertiary/aromatic N) is 4. The Morgan fingerprint density at radius 1 is 0.649 bits per heavy atom. The highest BCUT2D eigenvalue weighted by atomic mass is 79.9. The second-order valence-corrected chi connectivity index (χ2v) is 18.7. The van der Waals surface area contributed by atoms with E-state index in [1.54, 1.807) is 57.2 Å². The average molecular weight is 1190 g/mol. The van der Waals surface area contributed by atoms with Crippen LogP contribution in [-0.4, -0.2) is 161 Å². The Kier molecular flexibility index (Phi) is 21.7. The summed E-state index contributed by atoms with van der Waals surface area (Å²) in [6, 6.07) is 18.2. The van der Waals surface area contributed by atoms with Crippen LogP contribution < -0.4 is 18.9 Å². The van der Waals surface area contributed by atoms with Gasteiger partial charge < -0.3 is 59.0 Å². The minimum Gasteiger partial charge on any atom is -0.493 e. The van der Waals surface area contributed by atoms with Gasteiger partial charge in [-0.1, -0.05) is 12.1 Å². The van der Waals surface area contributed by atoms with Gasteiger partial charge in [0.25, 0.3) is 5.91 Å². The molecule has 408 valence electrons. The highest BCUT2D eigenvalue weighted by molar-refractivity contribution is 9.10. The van der Waals surface area contributed by atoms with Crippen molar-refractivity contribution in [2.45, 2.75) is 75.3 Å². The number of halogens is 8. The van der Waals surface area contributed by atoms with Crippen LogP contribution in [0.4, 0.5) is 31.1 Å². The van der Waals surface area contributed by atoms with Crippen molar-refractivity contribution in [2.75, 3.05) is 66.8 Å². The number of carbonyl (C=O) groups is 3. The van der Waals surface area contributed by atoms with E-state index in [1.165, 1.54) is 60.4 Å². The van der Waals surface area contributed by atoms with Gasteiger partial charge in [-0.05, 0) is 113 Å². The molecule has 2 amide bonds. The number of aliphatic hydroxyl groups excluding tert-OH is 2. The number of aromatic nitrogens is 2. The van der Waals surface area contributed by atoms with Gasteiger partial charge >= 0.3 is 24.8 Å². The first-order valence-electron chi connectivity index (χ1n) is 22.1. The smallest absolute Gasteiger partial charge is 0.493 e.